The quantitative estimate of drug-likeness (QED) is 0.823. The lowest BCUT2D eigenvalue weighted by atomic mass is 10.1. The molecule has 1 aromatic rings. The molecule has 102 valence electrons. The van der Waals surface area contributed by atoms with Crippen molar-refractivity contribution < 1.29 is 4.79 Å². The molecular formula is C14H24N2OS. The first-order valence-electron chi connectivity index (χ1n) is 6.49. The Kier molecular flexibility index (Phi) is 6.36. The number of nitrogens with one attached hydrogen (secondary N) is 1. The van der Waals surface area contributed by atoms with Gasteiger partial charge in [-0.15, -0.1) is 11.3 Å². The maximum absolute atomic E-state index is 11.8. The van der Waals surface area contributed by atoms with E-state index in [0.29, 0.717) is 6.42 Å². The van der Waals surface area contributed by atoms with Gasteiger partial charge in [-0.25, -0.2) is 0 Å². The Morgan fingerprint density at radius 2 is 2.17 bits per heavy atom. The van der Waals surface area contributed by atoms with Gasteiger partial charge in [0.2, 0.25) is 5.91 Å². The Morgan fingerprint density at radius 1 is 1.44 bits per heavy atom. The second kappa shape index (κ2) is 7.54. The molecular weight excluding hydrogens is 244 g/mol. The van der Waals surface area contributed by atoms with Gasteiger partial charge < -0.3 is 10.2 Å². The number of nitrogens with zero attached hydrogens (tertiary/aromatic N) is 1. The van der Waals surface area contributed by atoms with Crippen molar-refractivity contribution in [1.29, 1.82) is 0 Å². The normalized spacial score (nSPS) is 10.7. The average molecular weight is 268 g/mol. The van der Waals surface area contributed by atoms with Crippen LogP contribution in [0.2, 0.25) is 0 Å². The van der Waals surface area contributed by atoms with Crippen LogP contribution in [0.25, 0.3) is 0 Å². The van der Waals surface area contributed by atoms with Crippen LogP contribution >= 0.6 is 11.3 Å². The molecule has 0 radical (unpaired) electrons. The van der Waals surface area contributed by atoms with Gasteiger partial charge in [-0.1, -0.05) is 0 Å². The van der Waals surface area contributed by atoms with Gasteiger partial charge in [0.25, 0.3) is 0 Å². The van der Waals surface area contributed by atoms with Crippen molar-refractivity contribution in [3.8, 4) is 0 Å². The molecule has 1 amide bonds. The maximum atomic E-state index is 11.8. The van der Waals surface area contributed by atoms with Crippen LogP contribution in [-0.4, -0.2) is 38.0 Å². The first-order chi connectivity index (χ1) is 8.54. The molecule has 0 aromatic carbocycles. The predicted molar refractivity (Wildman–Crippen MR) is 78.3 cm³/mol. The molecule has 1 N–H and O–H groups in total. The third-order valence-corrected chi connectivity index (χ3v) is 4.11. The van der Waals surface area contributed by atoms with E-state index in [2.05, 4.69) is 25.2 Å². The molecule has 1 aromatic heterocycles. The summed E-state index contributed by atoms with van der Waals surface area (Å²) in [5.74, 6) is 0.245. The lowest BCUT2D eigenvalue weighted by Crippen LogP contribution is -2.32. The highest BCUT2D eigenvalue weighted by Gasteiger charge is 2.09. The summed E-state index contributed by atoms with van der Waals surface area (Å²) < 4.78 is 0. The van der Waals surface area contributed by atoms with Crippen LogP contribution in [-0.2, 0) is 11.2 Å². The fraction of sp³-hybridized carbons (Fsp3) is 0.643. The SMILES string of the molecule is CNCCN(C)C(=O)CCCc1cc(C)sc1C. The van der Waals surface area contributed by atoms with Crippen molar-refractivity contribution >= 4 is 17.2 Å². The van der Waals surface area contributed by atoms with Crippen molar-refractivity contribution in [1.82, 2.24) is 10.2 Å². The van der Waals surface area contributed by atoms with Gasteiger partial charge >= 0.3 is 0 Å². The molecule has 0 atom stereocenters. The largest absolute Gasteiger partial charge is 0.344 e. The Balaban J connectivity index is 2.29. The molecule has 0 aliphatic heterocycles. The van der Waals surface area contributed by atoms with Crippen LogP contribution in [0.5, 0.6) is 0 Å². The summed E-state index contributed by atoms with van der Waals surface area (Å²) in [6.07, 6.45) is 2.61. The molecule has 0 spiro atoms. The van der Waals surface area contributed by atoms with Crippen LogP contribution in [0.3, 0.4) is 0 Å². The lowest BCUT2D eigenvalue weighted by Gasteiger charge is -2.16. The van der Waals surface area contributed by atoms with E-state index in [0.717, 1.165) is 25.9 Å². The van der Waals surface area contributed by atoms with E-state index in [1.807, 2.05) is 30.3 Å². The Morgan fingerprint density at radius 3 is 2.72 bits per heavy atom. The maximum Gasteiger partial charge on any atom is 0.222 e. The minimum Gasteiger partial charge on any atom is -0.344 e. The number of hydrogen-bond donors (Lipinski definition) is 1. The first kappa shape index (κ1) is 15.2. The highest BCUT2D eigenvalue weighted by Crippen LogP contribution is 2.22. The second-order valence-corrected chi connectivity index (χ2v) is 6.17. The molecule has 0 unspecified atom stereocenters. The van der Waals surface area contributed by atoms with Gasteiger partial charge in [0.05, 0.1) is 0 Å². The first-order valence-corrected chi connectivity index (χ1v) is 7.30. The minimum absolute atomic E-state index is 0.245. The summed E-state index contributed by atoms with van der Waals surface area (Å²) in [4.78, 5) is 16.4. The molecule has 0 saturated heterocycles. The number of thiophene rings is 1. The summed E-state index contributed by atoms with van der Waals surface area (Å²) in [6, 6.07) is 2.25. The lowest BCUT2D eigenvalue weighted by molar-refractivity contribution is -0.129. The zero-order valence-corrected chi connectivity index (χ0v) is 12.7. The standard InChI is InChI=1S/C14H24N2OS/c1-11-10-13(12(2)18-11)6-5-7-14(17)16(4)9-8-15-3/h10,15H,5-9H2,1-4H3. The van der Waals surface area contributed by atoms with Gasteiger partial charge in [0.15, 0.2) is 0 Å². The molecule has 18 heavy (non-hydrogen) atoms. The van der Waals surface area contributed by atoms with Crippen molar-refractivity contribution in [3.05, 3.63) is 21.4 Å². The predicted octanol–water partition coefficient (Wildman–Crippen LogP) is 2.37. The Labute approximate surface area is 114 Å². The monoisotopic (exact) mass is 268 g/mol. The number of carbonyl (C=O) groups is 1. The molecule has 0 aliphatic carbocycles. The van der Waals surface area contributed by atoms with Gasteiger partial charge in [-0.2, -0.15) is 0 Å². The average Bonchev–Trinajstić information content (AvgIpc) is 2.64. The van der Waals surface area contributed by atoms with Crippen LogP contribution in [0.1, 0.15) is 28.2 Å². The minimum atomic E-state index is 0.245. The van der Waals surface area contributed by atoms with Crippen molar-refractivity contribution in [3.63, 3.8) is 0 Å². The summed E-state index contributed by atoms with van der Waals surface area (Å²) in [7, 11) is 3.78. The van der Waals surface area contributed by atoms with Gasteiger partial charge in [0, 0.05) is 36.3 Å². The summed E-state index contributed by atoms with van der Waals surface area (Å²) >= 11 is 1.84. The van der Waals surface area contributed by atoms with Gasteiger partial charge in [-0.05, 0) is 45.4 Å². The van der Waals surface area contributed by atoms with Crippen molar-refractivity contribution in [2.75, 3.05) is 27.2 Å². The number of aryl methyl sites for hydroxylation is 3. The number of amides is 1. The highest BCUT2D eigenvalue weighted by molar-refractivity contribution is 7.12. The topological polar surface area (TPSA) is 32.3 Å². The number of carbonyl (C=O) groups excluding carboxylic acids is 1. The number of rotatable bonds is 7. The van der Waals surface area contributed by atoms with Gasteiger partial charge in [-0.3, -0.25) is 4.79 Å². The zero-order valence-electron chi connectivity index (χ0n) is 11.9. The molecule has 0 aliphatic rings. The third kappa shape index (κ3) is 4.78. The molecule has 0 bridgehead atoms. The zero-order chi connectivity index (χ0) is 13.5. The highest BCUT2D eigenvalue weighted by atomic mass is 32.1. The summed E-state index contributed by atoms with van der Waals surface area (Å²) in [5, 5.41) is 3.05. The van der Waals surface area contributed by atoms with Crippen molar-refractivity contribution in [2.24, 2.45) is 0 Å². The van der Waals surface area contributed by atoms with Gasteiger partial charge in [0.1, 0.15) is 0 Å². The molecule has 0 saturated carbocycles. The van der Waals surface area contributed by atoms with Crippen LogP contribution in [0, 0.1) is 13.8 Å². The van der Waals surface area contributed by atoms with Crippen molar-refractivity contribution in [2.45, 2.75) is 33.1 Å². The fourth-order valence-electron chi connectivity index (χ4n) is 1.96. The van der Waals surface area contributed by atoms with E-state index in [9.17, 15) is 4.79 Å². The third-order valence-electron chi connectivity index (χ3n) is 3.10. The molecule has 4 heteroatoms. The fourth-order valence-corrected chi connectivity index (χ4v) is 2.93. The van der Waals surface area contributed by atoms with E-state index < -0.39 is 0 Å². The summed E-state index contributed by atoms with van der Waals surface area (Å²) in [5.41, 5.74) is 1.41. The van der Waals surface area contributed by atoms with E-state index in [4.69, 9.17) is 0 Å². The Bertz CT molecular complexity index is 387. The van der Waals surface area contributed by atoms with Crippen LogP contribution in [0.4, 0.5) is 0 Å². The van der Waals surface area contributed by atoms with E-state index in [1.165, 1.54) is 15.3 Å². The molecule has 3 nitrogen and oxygen atoms in total. The molecule has 0 fully saturated rings. The second-order valence-electron chi connectivity index (χ2n) is 4.71. The number of hydrogen-bond acceptors (Lipinski definition) is 3. The number of likely N-dealkylation sites (N-methyl/N-ethyl adjacent to an activating group) is 2. The summed E-state index contributed by atoms with van der Waals surface area (Å²) in [6.45, 7) is 5.93. The van der Waals surface area contributed by atoms with E-state index in [1.54, 1.807) is 0 Å². The van der Waals surface area contributed by atoms with E-state index >= 15 is 0 Å². The molecule has 1 heterocycles. The smallest absolute Gasteiger partial charge is 0.222 e. The Hall–Kier alpha value is -0.870. The van der Waals surface area contributed by atoms with Crippen LogP contribution in [0.15, 0.2) is 6.07 Å². The molecule has 1 rings (SSSR count). The van der Waals surface area contributed by atoms with E-state index in [-0.39, 0.29) is 5.91 Å². The van der Waals surface area contributed by atoms with Crippen LogP contribution < -0.4 is 5.32 Å².